The van der Waals surface area contributed by atoms with Gasteiger partial charge in [0.05, 0.1) is 17.2 Å². The van der Waals surface area contributed by atoms with Gasteiger partial charge in [-0.05, 0) is 31.9 Å². The third-order valence-electron chi connectivity index (χ3n) is 5.22. The highest BCUT2D eigenvalue weighted by Gasteiger charge is 2.23. The standard InChI is InChI=1S/C18H26N6OS/c25-18(17-4-8-24(21-17)16-3-1-5-19-11-16)23-7-2-6-22(9-10-23)12-15-13-26-14-20-15/h4,8,13-14,16,19H,1-3,5-7,9-12H2. The lowest BCUT2D eigenvalue weighted by Crippen LogP contribution is -2.35. The number of piperidine rings is 1. The van der Waals surface area contributed by atoms with Crippen LogP contribution in [0.4, 0.5) is 0 Å². The van der Waals surface area contributed by atoms with Crippen LogP contribution in [-0.4, -0.2) is 69.7 Å². The van der Waals surface area contributed by atoms with E-state index in [0.29, 0.717) is 11.7 Å². The van der Waals surface area contributed by atoms with E-state index < -0.39 is 0 Å². The average molecular weight is 375 g/mol. The van der Waals surface area contributed by atoms with E-state index in [4.69, 9.17) is 0 Å². The number of nitrogens with zero attached hydrogens (tertiary/aromatic N) is 5. The van der Waals surface area contributed by atoms with E-state index in [0.717, 1.165) is 70.8 Å². The van der Waals surface area contributed by atoms with Crippen molar-refractivity contribution < 1.29 is 4.79 Å². The largest absolute Gasteiger partial charge is 0.336 e. The molecule has 4 heterocycles. The van der Waals surface area contributed by atoms with Gasteiger partial charge in [-0.1, -0.05) is 0 Å². The molecule has 1 unspecified atom stereocenters. The van der Waals surface area contributed by atoms with Crippen molar-refractivity contribution in [1.29, 1.82) is 0 Å². The molecule has 2 fully saturated rings. The minimum atomic E-state index is 0.0584. The summed E-state index contributed by atoms with van der Waals surface area (Å²) in [5, 5.41) is 10.1. The molecule has 7 nitrogen and oxygen atoms in total. The molecule has 1 N–H and O–H groups in total. The van der Waals surface area contributed by atoms with Gasteiger partial charge in [0, 0.05) is 50.8 Å². The number of rotatable bonds is 4. The van der Waals surface area contributed by atoms with Crippen LogP contribution in [0.2, 0.25) is 0 Å². The van der Waals surface area contributed by atoms with E-state index in [1.54, 1.807) is 11.3 Å². The van der Waals surface area contributed by atoms with E-state index in [2.05, 4.69) is 25.7 Å². The van der Waals surface area contributed by atoms with Crippen LogP contribution < -0.4 is 5.32 Å². The molecule has 1 amide bonds. The first kappa shape index (κ1) is 17.6. The smallest absolute Gasteiger partial charge is 0.274 e. The number of amides is 1. The lowest BCUT2D eigenvalue weighted by molar-refractivity contribution is 0.0753. The Hall–Kier alpha value is -1.77. The number of hydrogen-bond donors (Lipinski definition) is 1. The van der Waals surface area contributed by atoms with E-state index in [-0.39, 0.29) is 5.91 Å². The summed E-state index contributed by atoms with van der Waals surface area (Å²) in [6, 6.07) is 2.23. The number of nitrogens with one attached hydrogen (secondary N) is 1. The van der Waals surface area contributed by atoms with Crippen molar-refractivity contribution >= 4 is 17.2 Å². The summed E-state index contributed by atoms with van der Waals surface area (Å²) in [4.78, 5) is 21.6. The first-order valence-corrected chi connectivity index (χ1v) is 10.4. The predicted octanol–water partition coefficient (Wildman–Crippen LogP) is 1.61. The van der Waals surface area contributed by atoms with Crippen molar-refractivity contribution in [3.63, 3.8) is 0 Å². The van der Waals surface area contributed by atoms with Crippen LogP contribution in [-0.2, 0) is 6.54 Å². The number of carbonyl (C=O) groups is 1. The van der Waals surface area contributed by atoms with Crippen molar-refractivity contribution in [1.82, 2.24) is 29.9 Å². The number of carbonyl (C=O) groups excluding carboxylic acids is 1. The molecule has 26 heavy (non-hydrogen) atoms. The zero-order valence-corrected chi connectivity index (χ0v) is 15.8. The second kappa shape index (κ2) is 8.28. The van der Waals surface area contributed by atoms with Gasteiger partial charge in [-0.2, -0.15) is 5.10 Å². The van der Waals surface area contributed by atoms with Crippen LogP contribution in [0, 0.1) is 0 Å². The zero-order valence-electron chi connectivity index (χ0n) is 15.0. The van der Waals surface area contributed by atoms with Crippen LogP contribution in [0.5, 0.6) is 0 Å². The van der Waals surface area contributed by atoms with E-state index in [1.165, 1.54) is 0 Å². The zero-order chi connectivity index (χ0) is 17.8. The summed E-state index contributed by atoms with van der Waals surface area (Å²) in [5.41, 5.74) is 3.57. The van der Waals surface area contributed by atoms with Gasteiger partial charge in [-0.15, -0.1) is 11.3 Å². The van der Waals surface area contributed by atoms with Crippen LogP contribution in [0.1, 0.15) is 41.5 Å². The predicted molar refractivity (Wildman–Crippen MR) is 101 cm³/mol. The van der Waals surface area contributed by atoms with Crippen LogP contribution in [0.25, 0.3) is 0 Å². The van der Waals surface area contributed by atoms with Crippen molar-refractivity contribution in [2.45, 2.75) is 31.8 Å². The molecule has 2 aliphatic rings. The van der Waals surface area contributed by atoms with Gasteiger partial charge >= 0.3 is 0 Å². The summed E-state index contributed by atoms with van der Waals surface area (Å²) in [5.74, 6) is 0.0584. The molecule has 1 atom stereocenters. The quantitative estimate of drug-likeness (QED) is 0.881. The van der Waals surface area contributed by atoms with Crippen molar-refractivity contribution in [3.8, 4) is 0 Å². The molecule has 4 rings (SSSR count). The minimum Gasteiger partial charge on any atom is -0.336 e. The second-order valence-corrected chi connectivity index (χ2v) is 7.80. The third kappa shape index (κ3) is 4.13. The van der Waals surface area contributed by atoms with Crippen LogP contribution in [0.3, 0.4) is 0 Å². The molecular weight excluding hydrogens is 348 g/mol. The Morgan fingerprint density at radius 2 is 2.23 bits per heavy atom. The third-order valence-corrected chi connectivity index (χ3v) is 5.85. The molecule has 0 spiro atoms. The molecule has 0 aliphatic carbocycles. The molecule has 0 bridgehead atoms. The first-order valence-electron chi connectivity index (χ1n) is 9.44. The van der Waals surface area contributed by atoms with Crippen molar-refractivity contribution in [2.24, 2.45) is 0 Å². The first-order chi connectivity index (χ1) is 12.8. The van der Waals surface area contributed by atoms with Crippen molar-refractivity contribution in [2.75, 3.05) is 39.3 Å². The number of thiazole rings is 1. The summed E-state index contributed by atoms with van der Waals surface area (Å²) in [7, 11) is 0. The fraction of sp³-hybridized carbons (Fsp3) is 0.611. The highest BCUT2D eigenvalue weighted by molar-refractivity contribution is 7.07. The Labute approximate surface area is 158 Å². The number of hydrogen-bond acceptors (Lipinski definition) is 6. The summed E-state index contributed by atoms with van der Waals surface area (Å²) in [6.45, 7) is 6.32. The highest BCUT2D eigenvalue weighted by atomic mass is 32.1. The Morgan fingerprint density at radius 1 is 1.27 bits per heavy atom. The molecular formula is C18H26N6OS. The summed E-state index contributed by atoms with van der Waals surface area (Å²) in [6.07, 6.45) is 5.23. The van der Waals surface area contributed by atoms with Gasteiger partial charge in [0.1, 0.15) is 5.69 Å². The second-order valence-electron chi connectivity index (χ2n) is 7.08. The lowest BCUT2D eigenvalue weighted by atomic mass is 10.1. The maximum absolute atomic E-state index is 12.9. The maximum atomic E-state index is 12.9. The Morgan fingerprint density at radius 3 is 3.04 bits per heavy atom. The van der Waals surface area contributed by atoms with E-state index in [1.807, 2.05) is 27.4 Å². The molecule has 2 aliphatic heterocycles. The molecule has 2 aromatic rings. The number of aromatic nitrogens is 3. The minimum absolute atomic E-state index is 0.0584. The monoisotopic (exact) mass is 374 g/mol. The normalized spacial score (nSPS) is 22.3. The topological polar surface area (TPSA) is 66.3 Å². The van der Waals surface area contributed by atoms with Gasteiger partial charge in [0.25, 0.3) is 5.91 Å². The fourth-order valence-electron chi connectivity index (χ4n) is 3.75. The summed E-state index contributed by atoms with van der Waals surface area (Å²) < 4.78 is 1.96. The molecule has 8 heteroatoms. The summed E-state index contributed by atoms with van der Waals surface area (Å²) >= 11 is 1.63. The van der Waals surface area contributed by atoms with Crippen LogP contribution in [0.15, 0.2) is 23.2 Å². The van der Waals surface area contributed by atoms with Gasteiger partial charge in [0.15, 0.2) is 0 Å². The fourth-order valence-corrected chi connectivity index (χ4v) is 4.30. The Kier molecular flexibility index (Phi) is 5.62. The molecule has 0 radical (unpaired) electrons. The van der Waals surface area contributed by atoms with E-state index >= 15 is 0 Å². The van der Waals surface area contributed by atoms with Gasteiger partial charge in [0.2, 0.25) is 0 Å². The van der Waals surface area contributed by atoms with E-state index in [9.17, 15) is 4.79 Å². The maximum Gasteiger partial charge on any atom is 0.274 e. The van der Waals surface area contributed by atoms with Gasteiger partial charge in [-0.25, -0.2) is 4.98 Å². The lowest BCUT2D eigenvalue weighted by Gasteiger charge is -2.23. The molecule has 0 saturated carbocycles. The van der Waals surface area contributed by atoms with Crippen molar-refractivity contribution in [3.05, 3.63) is 34.5 Å². The molecule has 2 saturated heterocycles. The molecule has 140 valence electrons. The highest BCUT2D eigenvalue weighted by Crippen LogP contribution is 2.17. The van der Waals surface area contributed by atoms with Gasteiger partial charge < -0.3 is 10.2 Å². The average Bonchev–Trinajstić information content (AvgIpc) is 3.31. The SMILES string of the molecule is O=C(c1ccn(C2CCCNC2)n1)N1CCCN(Cc2cscn2)CC1. The van der Waals surface area contributed by atoms with Gasteiger partial charge in [-0.3, -0.25) is 14.4 Å². The van der Waals surface area contributed by atoms with Crippen LogP contribution >= 0.6 is 11.3 Å². The Balaban J connectivity index is 1.35. The molecule has 2 aromatic heterocycles. The molecule has 0 aromatic carbocycles. The Bertz CT molecular complexity index is 709.